The van der Waals surface area contributed by atoms with E-state index in [2.05, 4.69) is 4.52 Å². The minimum absolute atomic E-state index is 0.0129. The summed E-state index contributed by atoms with van der Waals surface area (Å²) in [4.78, 5) is 11.1. The predicted molar refractivity (Wildman–Crippen MR) is 55.4 cm³/mol. The van der Waals surface area contributed by atoms with Crippen molar-refractivity contribution >= 4 is 15.5 Å². The van der Waals surface area contributed by atoms with Crippen LogP contribution in [-0.4, -0.2) is 24.7 Å². The van der Waals surface area contributed by atoms with Crippen molar-refractivity contribution < 1.29 is 27.6 Å². The van der Waals surface area contributed by atoms with Crippen LogP contribution in [-0.2, 0) is 22.7 Å². The first-order chi connectivity index (χ1) is 6.89. The monoisotopic (exact) mass is 261 g/mol. The van der Waals surface area contributed by atoms with E-state index < -0.39 is 15.5 Å². The summed E-state index contributed by atoms with van der Waals surface area (Å²) in [6.07, 6.45) is 0. The molecule has 0 aromatic rings. The summed E-state index contributed by atoms with van der Waals surface area (Å²) in [6, 6.07) is 0. The smallest absolute Gasteiger partial charge is 0.312 e. The second-order valence-corrected chi connectivity index (χ2v) is 5.98. The van der Waals surface area contributed by atoms with Crippen molar-refractivity contribution in [1.29, 1.82) is 0 Å². The van der Waals surface area contributed by atoms with E-state index in [1.54, 1.807) is 13.8 Å². The average Bonchev–Trinajstić information content (AvgIpc) is 2.02. The summed E-state index contributed by atoms with van der Waals surface area (Å²) in [6.45, 7) is 4.93. The number of nitrogens with one attached hydrogen (secondary N) is 1. The molecule has 0 aliphatic carbocycles. The minimum Gasteiger partial charge on any atom is -0.312 e. The highest BCUT2D eigenvalue weighted by molar-refractivity contribution is 7.67. The van der Waals surface area contributed by atoms with Gasteiger partial charge in [0.2, 0.25) is 0 Å². The second kappa shape index (κ2) is 6.76. The molecule has 0 radical (unpaired) electrons. The van der Waals surface area contributed by atoms with Crippen molar-refractivity contribution in [3.8, 4) is 0 Å². The molecule has 0 aliphatic heterocycles. The Hall–Kier alpha value is 0.260. The third-order valence-corrected chi connectivity index (χ3v) is 4.95. The first-order valence-corrected chi connectivity index (χ1v) is 7.67. The zero-order valence-corrected chi connectivity index (χ0v) is 10.8. The number of rotatable bonds is 8. The van der Waals surface area contributed by atoms with Gasteiger partial charge in [-0.3, -0.25) is 13.6 Å². The van der Waals surface area contributed by atoms with Gasteiger partial charge in [0.15, 0.2) is 0 Å². The third kappa shape index (κ3) is 6.43. The summed E-state index contributed by atoms with van der Waals surface area (Å²) < 4.78 is 37.0. The molecule has 0 aromatic carbocycles. The predicted octanol–water partition coefficient (Wildman–Crippen LogP) is 1.89. The lowest BCUT2D eigenvalue weighted by atomic mass is 10.9. The van der Waals surface area contributed by atoms with Crippen LogP contribution in [0.1, 0.15) is 20.8 Å². The summed E-state index contributed by atoms with van der Waals surface area (Å²) in [7, 11) is -7.90. The normalized spacial score (nSPS) is 16.3. The maximum Gasteiger partial charge on any atom is 0.414 e. The van der Waals surface area contributed by atoms with E-state index in [4.69, 9.17) is 9.05 Å². The van der Waals surface area contributed by atoms with Gasteiger partial charge in [0.25, 0.3) is 0 Å². The molecular weight excluding hydrogens is 244 g/mol. The quantitative estimate of drug-likeness (QED) is 0.644. The zero-order chi connectivity index (χ0) is 11.9. The van der Waals surface area contributed by atoms with Gasteiger partial charge in [-0.25, -0.2) is 9.13 Å². The van der Waals surface area contributed by atoms with Crippen LogP contribution < -0.4 is 4.86 Å². The van der Waals surface area contributed by atoms with E-state index in [-0.39, 0.29) is 19.8 Å². The van der Waals surface area contributed by atoms with Crippen LogP contribution in [0.5, 0.6) is 0 Å². The molecule has 15 heavy (non-hydrogen) atoms. The van der Waals surface area contributed by atoms with Crippen molar-refractivity contribution in [3.05, 3.63) is 0 Å². The molecule has 0 aromatic heterocycles. The molecular formula is C6H17NO6P2. The fraction of sp³-hybridized carbons (Fsp3) is 1.00. The fourth-order valence-electron chi connectivity index (χ4n) is 0.794. The minimum atomic E-state index is -4.14. The van der Waals surface area contributed by atoms with Gasteiger partial charge in [-0.1, -0.05) is 0 Å². The molecule has 0 saturated carbocycles. The van der Waals surface area contributed by atoms with Crippen molar-refractivity contribution in [2.75, 3.05) is 19.8 Å². The molecule has 0 aliphatic rings. The number of hydrogen-bond donors (Lipinski definition) is 2. The molecule has 0 spiro atoms. The molecule has 0 amide bonds. The molecule has 0 fully saturated rings. The third-order valence-electron chi connectivity index (χ3n) is 1.15. The summed E-state index contributed by atoms with van der Waals surface area (Å²) in [5, 5.41) is 0. The average molecular weight is 261 g/mol. The van der Waals surface area contributed by atoms with Gasteiger partial charge in [-0.05, 0) is 20.8 Å². The van der Waals surface area contributed by atoms with Crippen LogP contribution in [0, 0.1) is 0 Å². The molecule has 0 bridgehead atoms. The zero-order valence-electron chi connectivity index (χ0n) is 9.00. The van der Waals surface area contributed by atoms with Crippen molar-refractivity contribution in [3.63, 3.8) is 0 Å². The Morgan fingerprint density at radius 3 is 1.73 bits per heavy atom. The Kier molecular flexibility index (Phi) is 6.88. The van der Waals surface area contributed by atoms with Gasteiger partial charge >= 0.3 is 15.5 Å². The lowest BCUT2D eigenvalue weighted by molar-refractivity contribution is 0.208. The molecule has 0 heterocycles. The van der Waals surface area contributed by atoms with E-state index >= 15 is 0 Å². The summed E-state index contributed by atoms with van der Waals surface area (Å²) in [5.74, 6) is 0. The van der Waals surface area contributed by atoms with E-state index in [1.165, 1.54) is 6.92 Å². The topological polar surface area (TPSA) is 94.1 Å². The molecule has 0 rings (SSSR count). The van der Waals surface area contributed by atoms with E-state index in [0.717, 1.165) is 0 Å². The van der Waals surface area contributed by atoms with Crippen LogP contribution >= 0.6 is 15.5 Å². The van der Waals surface area contributed by atoms with Crippen LogP contribution in [0.4, 0.5) is 0 Å². The molecule has 1 atom stereocenters. The van der Waals surface area contributed by atoms with Gasteiger partial charge in [-0.2, -0.15) is 0 Å². The Balaban J connectivity index is 4.53. The largest absolute Gasteiger partial charge is 0.414 e. The Morgan fingerprint density at radius 1 is 1.00 bits per heavy atom. The molecule has 1 unspecified atom stereocenters. The first kappa shape index (κ1) is 15.3. The van der Waals surface area contributed by atoms with Gasteiger partial charge in [-0.15, -0.1) is 4.86 Å². The van der Waals surface area contributed by atoms with E-state index in [1.807, 2.05) is 4.86 Å². The van der Waals surface area contributed by atoms with Gasteiger partial charge in [0.05, 0.1) is 19.8 Å². The SMILES string of the molecule is CCOP(=O)(O)NP(=O)(OCC)OCC. The Bertz CT molecular complexity index is 260. The van der Waals surface area contributed by atoms with Gasteiger partial charge in [0.1, 0.15) is 0 Å². The van der Waals surface area contributed by atoms with E-state index in [0.29, 0.717) is 0 Å². The molecule has 9 heteroatoms. The lowest BCUT2D eigenvalue weighted by Gasteiger charge is -2.20. The summed E-state index contributed by atoms with van der Waals surface area (Å²) in [5.41, 5.74) is 0. The maximum atomic E-state index is 11.7. The Morgan fingerprint density at radius 2 is 1.40 bits per heavy atom. The van der Waals surface area contributed by atoms with Gasteiger partial charge in [0, 0.05) is 0 Å². The standard InChI is InChI=1S/C6H17NO6P2/c1-4-11-14(8,9)7-15(10,12-5-2)13-6-3/h4-6H2,1-3H3,(H2,7,8,9,10). The van der Waals surface area contributed by atoms with Crippen molar-refractivity contribution in [2.45, 2.75) is 20.8 Å². The van der Waals surface area contributed by atoms with E-state index in [9.17, 15) is 14.0 Å². The Labute approximate surface area is 89.3 Å². The van der Waals surface area contributed by atoms with Crippen molar-refractivity contribution in [2.24, 2.45) is 0 Å². The first-order valence-electron chi connectivity index (χ1n) is 4.55. The van der Waals surface area contributed by atoms with Crippen LogP contribution in [0.2, 0.25) is 0 Å². The van der Waals surface area contributed by atoms with Crippen LogP contribution in [0.3, 0.4) is 0 Å². The number of hydrogen-bond acceptors (Lipinski definition) is 5. The highest BCUT2D eigenvalue weighted by Gasteiger charge is 2.34. The second-order valence-electron chi connectivity index (χ2n) is 2.37. The molecule has 2 N–H and O–H groups in total. The molecule has 0 saturated heterocycles. The molecule has 92 valence electrons. The fourth-order valence-corrected chi connectivity index (χ4v) is 3.83. The summed E-state index contributed by atoms with van der Waals surface area (Å²) >= 11 is 0. The lowest BCUT2D eigenvalue weighted by Crippen LogP contribution is -2.13. The maximum absolute atomic E-state index is 11.7. The highest BCUT2D eigenvalue weighted by atomic mass is 31.3. The van der Waals surface area contributed by atoms with Crippen LogP contribution in [0.25, 0.3) is 0 Å². The molecule has 7 nitrogen and oxygen atoms in total. The van der Waals surface area contributed by atoms with Crippen molar-refractivity contribution in [1.82, 2.24) is 4.86 Å². The van der Waals surface area contributed by atoms with Crippen LogP contribution in [0.15, 0.2) is 0 Å². The van der Waals surface area contributed by atoms with Gasteiger partial charge < -0.3 is 4.89 Å². The highest BCUT2D eigenvalue weighted by Crippen LogP contribution is 2.54.